The van der Waals surface area contributed by atoms with E-state index in [1.807, 2.05) is 0 Å². The molecule has 4 nitrogen and oxygen atoms in total. The number of rotatable bonds is 6. The smallest absolute Gasteiger partial charge is 0.255 e. The number of aliphatic hydroxyl groups excluding tert-OH is 1. The first-order valence-corrected chi connectivity index (χ1v) is 8.60. The summed E-state index contributed by atoms with van der Waals surface area (Å²) < 4.78 is 19.3. The van der Waals surface area contributed by atoms with Crippen LogP contribution >= 0.6 is 0 Å². The van der Waals surface area contributed by atoms with E-state index in [1.165, 1.54) is 12.1 Å². The number of ether oxygens (including phenoxy) is 1. The standard InChI is InChI=1S/C20H22FNO3/c21-17-11-5-3-9-15(17)18(23)13-25-19-12-6-4-10-16(19)20(24)22-14-7-1-2-8-14/h3-6,9-12,14,18,23H,1-2,7-8,13H2,(H,22,24). The first-order chi connectivity index (χ1) is 12.1. The van der Waals surface area contributed by atoms with Gasteiger partial charge < -0.3 is 15.2 Å². The Morgan fingerprint density at radius 1 is 1.16 bits per heavy atom. The molecule has 1 unspecified atom stereocenters. The molecule has 1 amide bonds. The summed E-state index contributed by atoms with van der Waals surface area (Å²) in [4.78, 5) is 12.5. The number of carbonyl (C=O) groups is 1. The summed E-state index contributed by atoms with van der Waals surface area (Å²) in [6.45, 7) is -0.130. The molecule has 1 aliphatic rings. The van der Waals surface area contributed by atoms with Gasteiger partial charge >= 0.3 is 0 Å². The SMILES string of the molecule is O=C(NC1CCCC1)c1ccccc1OCC(O)c1ccccc1F. The van der Waals surface area contributed by atoms with Crippen LogP contribution in [0.15, 0.2) is 48.5 Å². The van der Waals surface area contributed by atoms with Gasteiger partial charge in [0.05, 0.1) is 5.56 Å². The van der Waals surface area contributed by atoms with Gasteiger partial charge in [-0.05, 0) is 31.0 Å². The lowest BCUT2D eigenvalue weighted by Gasteiger charge is -2.17. The van der Waals surface area contributed by atoms with Crippen LogP contribution in [0.2, 0.25) is 0 Å². The maximum absolute atomic E-state index is 13.7. The summed E-state index contributed by atoms with van der Waals surface area (Å²) in [6, 6.07) is 13.1. The number of nitrogens with one attached hydrogen (secondary N) is 1. The first kappa shape index (κ1) is 17.4. The van der Waals surface area contributed by atoms with E-state index in [0.29, 0.717) is 11.3 Å². The van der Waals surface area contributed by atoms with E-state index in [4.69, 9.17) is 4.74 Å². The van der Waals surface area contributed by atoms with Crippen molar-refractivity contribution in [2.45, 2.75) is 37.8 Å². The molecule has 2 N–H and O–H groups in total. The Labute approximate surface area is 146 Å². The Bertz CT molecular complexity index is 728. The summed E-state index contributed by atoms with van der Waals surface area (Å²) in [5.74, 6) is -0.276. The van der Waals surface area contributed by atoms with Gasteiger partial charge in [0.15, 0.2) is 0 Å². The number of halogens is 1. The summed E-state index contributed by atoms with van der Waals surface area (Å²) in [5.41, 5.74) is 0.602. The number of benzene rings is 2. The van der Waals surface area contributed by atoms with Gasteiger partial charge in [0.1, 0.15) is 24.3 Å². The molecule has 0 heterocycles. The van der Waals surface area contributed by atoms with Crippen molar-refractivity contribution in [3.8, 4) is 5.75 Å². The lowest BCUT2D eigenvalue weighted by Crippen LogP contribution is -2.32. The Balaban J connectivity index is 1.66. The van der Waals surface area contributed by atoms with Crippen molar-refractivity contribution >= 4 is 5.91 Å². The van der Waals surface area contributed by atoms with Crippen LogP contribution in [0.5, 0.6) is 5.75 Å². The predicted molar refractivity (Wildman–Crippen MR) is 93.0 cm³/mol. The van der Waals surface area contributed by atoms with E-state index in [2.05, 4.69) is 5.32 Å². The molecular formula is C20H22FNO3. The average molecular weight is 343 g/mol. The van der Waals surface area contributed by atoms with Crippen LogP contribution in [0.1, 0.15) is 47.7 Å². The Morgan fingerprint density at radius 2 is 1.84 bits per heavy atom. The summed E-state index contributed by atoms with van der Waals surface area (Å²) in [5, 5.41) is 13.2. The monoisotopic (exact) mass is 343 g/mol. The molecule has 1 aliphatic carbocycles. The lowest BCUT2D eigenvalue weighted by atomic mass is 10.1. The van der Waals surface area contributed by atoms with Crippen LogP contribution in [0.25, 0.3) is 0 Å². The van der Waals surface area contributed by atoms with E-state index in [9.17, 15) is 14.3 Å². The van der Waals surface area contributed by atoms with Crippen molar-refractivity contribution in [1.82, 2.24) is 5.32 Å². The van der Waals surface area contributed by atoms with Gasteiger partial charge in [-0.1, -0.05) is 43.2 Å². The Hall–Kier alpha value is -2.40. The molecule has 3 rings (SSSR count). The summed E-state index contributed by atoms with van der Waals surface area (Å²) in [7, 11) is 0. The third-order valence-corrected chi connectivity index (χ3v) is 4.48. The van der Waals surface area contributed by atoms with Crippen molar-refractivity contribution < 1.29 is 19.0 Å². The van der Waals surface area contributed by atoms with Crippen molar-refractivity contribution in [2.75, 3.05) is 6.61 Å². The first-order valence-electron chi connectivity index (χ1n) is 8.60. The molecule has 0 bridgehead atoms. The number of carbonyl (C=O) groups excluding carboxylic acids is 1. The zero-order chi connectivity index (χ0) is 17.6. The minimum atomic E-state index is -1.10. The molecule has 0 aromatic heterocycles. The number of aliphatic hydroxyl groups is 1. The molecule has 0 spiro atoms. The summed E-state index contributed by atoms with van der Waals surface area (Å²) >= 11 is 0. The van der Waals surface area contributed by atoms with Gasteiger partial charge in [-0.15, -0.1) is 0 Å². The van der Waals surface area contributed by atoms with Gasteiger partial charge in [-0.3, -0.25) is 4.79 Å². The third-order valence-electron chi connectivity index (χ3n) is 4.48. The second kappa shape index (κ2) is 8.12. The normalized spacial score (nSPS) is 15.8. The quantitative estimate of drug-likeness (QED) is 0.842. The molecule has 0 aliphatic heterocycles. The van der Waals surface area contributed by atoms with Crippen LogP contribution in [-0.2, 0) is 0 Å². The van der Waals surface area contributed by atoms with Crippen LogP contribution in [0, 0.1) is 5.82 Å². The van der Waals surface area contributed by atoms with Crippen molar-refractivity contribution in [3.63, 3.8) is 0 Å². The van der Waals surface area contributed by atoms with Gasteiger partial charge in [0.25, 0.3) is 5.91 Å². The minimum absolute atomic E-state index is 0.130. The molecular weight excluding hydrogens is 321 g/mol. The Kier molecular flexibility index (Phi) is 5.66. The molecule has 1 atom stereocenters. The van der Waals surface area contributed by atoms with E-state index < -0.39 is 11.9 Å². The highest BCUT2D eigenvalue weighted by Crippen LogP contribution is 2.23. The topological polar surface area (TPSA) is 58.6 Å². The molecule has 25 heavy (non-hydrogen) atoms. The van der Waals surface area contributed by atoms with E-state index in [-0.39, 0.29) is 24.1 Å². The number of hydrogen-bond acceptors (Lipinski definition) is 3. The van der Waals surface area contributed by atoms with Crippen molar-refractivity contribution in [2.24, 2.45) is 0 Å². The fraction of sp³-hybridized carbons (Fsp3) is 0.350. The molecule has 1 fully saturated rings. The van der Waals surface area contributed by atoms with Crippen LogP contribution < -0.4 is 10.1 Å². The molecule has 0 radical (unpaired) electrons. The fourth-order valence-corrected chi connectivity index (χ4v) is 3.12. The zero-order valence-electron chi connectivity index (χ0n) is 14.0. The van der Waals surface area contributed by atoms with Crippen LogP contribution in [0.3, 0.4) is 0 Å². The highest BCUT2D eigenvalue weighted by atomic mass is 19.1. The maximum Gasteiger partial charge on any atom is 0.255 e. The van der Waals surface area contributed by atoms with Crippen LogP contribution in [0.4, 0.5) is 4.39 Å². The van der Waals surface area contributed by atoms with E-state index >= 15 is 0 Å². The molecule has 5 heteroatoms. The molecule has 132 valence electrons. The lowest BCUT2D eigenvalue weighted by molar-refractivity contribution is 0.0909. The number of amides is 1. The second-order valence-electron chi connectivity index (χ2n) is 6.30. The van der Waals surface area contributed by atoms with Gasteiger partial charge in [0.2, 0.25) is 0 Å². The molecule has 2 aromatic carbocycles. The van der Waals surface area contributed by atoms with Gasteiger partial charge in [0, 0.05) is 11.6 Å². The van der Waals surface area contributed by atoms with Gasteiger partial charge in [-0.25, -0.2) is 4.39 Å². The van der Waals surface area contributed by atoms with Gasteiger partial charge in [-0.2, -0.15) is 0 Å². The fourth-order valence-electron chi connectivity index (χ4n) is 3.12. The maximum atomic E-state index is 13.7. The van der Waals surface area contributed by atoms with Crippen molar-refractivity contribution in [1.29, 1.82) is 0 Å². The van der Waals surface area contributed by atoms with Crippen LogP contribution in [-0.4, -0.2) is 23.7 Å². The van der Waals surface area contributed by atoms with Crippen molar-refractivity contribution in [3.05, 3.63) is 65.5 Å². The van der Waals surface area contributed by atoms with E-state index in [0.717, 1.165) is 25.7 Å². The average Bonchev–Trinajstić information content (AvgIpc) is 3.13. The minimum Gasteiger partial charge on any atom is -0.490 e. The second-order valence-corrected chi connectivity index (χ2v) is 6.30. The highest BCUT2D eigenvalue weighted by molar-refractivity contribution is 5.97. The third kappa shape index (κ3) is 4.37. The summed E-state index contributed by atoms with van der Waals surface area (Å²) in [6.07, 6.45) is 3.17. The largest absolute Gasteiger partial charge is 0.490 e. The zero-order valence-corrected chi connectivity index (χ0v) is 14.0. The Morgan fingerprint density at radius 3 is 2.60 bits per heavy atom. The molecule has 0 saturated heterocycles. The number of para-hydroxylation sites is 1. The van der Waals surface area contributed by atoms with E-state index in [1.54, 1.807) is 36.4 Å². The molecule has 2 aromatic rings. The number of hydrogen-bond donors (Lipinski definition) is 2. The predicted octanol–water partition coefficient (Wildman–Crippen LogP) is 3.61. The highest BCUT2D eigenvalue weighted by Gasteiger charge is 2.20. The molecule has 1 saturated carbocycles.